The largest absolute Gasteiger partial charge is 0.310 e. The number of hydrogen-bond acceptors (Lipinski definition) is 2. The molecule has 1 heterocycles. The van der Waals surface area contributed by atoms with Gasteiger partial charge in [-0.15, -0.1) is 11.3 Å². The minimum absolute atomic E-state index is 0.121. The van der Waals surface area contributed by atoms with Crippen LogP contribution in [0.1, 0.15) is 47.2 Å². The van der Waals surface area contributed by atoms with Crippen molar-refractivity contribution >= 4 is 48.6 Å². The van der Waals surface area contributed by atoms with Crippen molar-refractivity contribution < 1.29 is 0 Å². The van der Waals surface area contributed by atoms with Crippen LogP contribution in [0.5, 0.6) is 0 Å². The van der Waals surface area contributed by atoms with E-state index in [2.05, 4.69) is 231 Å². The summed E-state index contributed by atoms with van der Waals surface area (Å²) < 4.78 is 2.66. The van der Waals surface area contributed by atoms with Crippen LogP contribution in [0.2, 0.25) is 0 Å². The van der Waals surface area contributed by atoms with Crippen LogP contribution in [0.15, 0.2) is 212 Å². The summed E-state index contributed by atoms with van der Waals surface area (Å²) in [6, 6.07) is 79.2. The Hall–Kier alpha value is -7.00. The molecule has 0 bridgehead atoms. The molecular weight excluding hydrogens is 743 g/mol. The molecule has 0 N–H and O–H groups in total. The quantitative estimate of drug-likeness (QED) is 0.162. The lowest BCUT2D eigenvalue weighted by Crippen LogP contribution is -2.28. The molecule has 2 heteroatoms. The van der Waals surface area contributed by atoms with Crippen molar-refractivity contribution in [3.05, 3.63) is 246 Å². The van der Waals surface area contributed by atoms with Crippen LogP contribution in [0.3, 0.4) is 0 Å². The highest BCUT2D eigenvalue weighted by molar-refractivity contribution is 7.25. The molecule has 10 aromatic rings. The number of fused-ring (bicyclic) bond motifs is 9. The molecule has 0 spiro atoms. The third-order valence-electron chi connectivity index (χ3n) is 13.4. The van der Waals surface area contributed by atoms with Gasteiger partial charge in [-0.1, -0.05) is 172 Å². The fourth-order valence-corrected chi connectivity index (χ4v) is 11.6. The van der Waals surface area contributed by atoms with Gasteiger partial charge in [0.05, 0.1) is 5.41 Å². The van der Waals surface area contributed by atoms with E-state index >= 15 is 0 Å². The Labute approximate surface area is 355 Å². The number of benzene rings is 9. The van der Waals surface area contributed by atoms with Crippen LogP contribution in [0.4, 0.5) is 17.1 Å². The van der Waals surface area contributed by atoms with Gasteiger partial charge >= 0.3 is 0 Å². The van der Waals surface area contributed by atoms with E-state index in [1.54, 1.807) is 0 Å². The molecule has 1 aromatic heterocycles. The van der Waals surface area contributed by atoms with E-state index in [0.29, 0.717) is 0 Å². The van der Waals surface area contributed by atoms with Gasteiger partial charge in [-0.2, -0.15) is 0 Å². The zero-order valence-electron chi connectivity index (χ0n) is 33.6. The summed E-state index contributed by atoms with van der Waals surface area (Å²) >= 11 is 1.87. The molecule has 2 aliphatic rings. The summed E-state index contributed by atoms with van der Waals surface area (Å²) in [6.45, 7) is 4.74. The Bertz CT molecular complexity index is 3240. The van der Waals surface area contributed by atoms with Gasteiger partial charge in [-0.3, -0.25) is 0 Å². The van der Waals surface area contributed by atoms with Gasteiger partial charge in [-0.25, -0.2) is 0 Å². The van der Waals surface area contributed by atoms with E-state index in [0.717, 1.165) is 17.1 Å². The van der Waals surface area contributed by atoms with E-state index in [9.17, 15) is 0 Å². The number of rotatable bonds is 6. The second-order valence-corrected chi connectivity index (χ2v) is 17.9. The topological polar surface area (TPSA) is 3.24 Å². The third kappa shape index (κ3) is 5.04. The number of nitrogens with zero attached hydrogens (tertiary/aromatic N) is 1. The van der Waals surface area contributed by atoms with E-state index in [-0.39, 0.29) is 5.41 Å². The van der Waals surface area contributed by atoms with E-state index in [1.165, 1.54) is 86.9 Å². The molecule has 0 saturated carbocycles. The lowest BCUT2D eigenvalue weighted by atomic mass is 9.68. The predicted molar refractivity (Wildman–Crippen MR) is 254 cm³/mol. The maximum Gasteiger partial charge on any atom is 0.0713 e. The summed E-state index contributed by atoms with van der Waals surface area (Å²) in [4.78, 5) is 2.46. The van der Waals surface area contributed by atoms with Crippen LogP contribution in [-0.2, 0) is 10.8 Å². The molecule has 0 radical (unpaired) electrons. The second kappa shape index (κ2) is 13.3. The molecular formula is C58H41NS. The Balaban J connectivity index is 1.04. The zero-order chi connectivity index (χ0) is 40.0. The summed E-state index contributed by atoms with van der Waals surface area (Å²) in [6.07, 6.45) is 0. The molecule has 0 amide bonds. The highest BCUT2D eigenvalue weighted by atomic mass is 32.1. The highest BCUT2D eigenvalue weighted by Gasteiger charge is 2.46. The van der Waals surface area contributed by atoms with Crippen LogP contribution >= 0.6 is 11.3 Å². The first-order valence-corrected chi connectivity index (χ1v) is 21.7. The fraction of sp³-hybridized carbons (Fsp3) is 0.0690. The van der Waals surface area contributed by atoms with Crippen molar-refractivity contribution in [2.75, 3.05) is 4.90 Å². The first kappa shape index (κ1) is 35.0. The van der Waals surface area contributed by atoms with E-state index in [1.807, 2.05) is 11.3 Å². The van der Waals surface area contributed by atoms with Crippen molar-refractivity contribution in [1.82, 2.24) is 0 Å². The molecule has 1 nitrogen and oxygen atoms in total. The first-order valence-electron chi connectivity index (χ1n) is 20.9. The lowest BCUT2D eigenvalue weighted by molar-refractivity contribution is 0.660. The summed E-state index contributed by atoms with van der Waals surface area (Å²) in [5, 5.41) is 2.65. The van der Waals surface area contributed by atoms with Gasteiger partial charge in [0.1, 0.15) is 0 Å². The molecule has 0 aliphatic heterocycles. The van der Waals surface area contributed by atoms with Crippen molar-refractivity contribution in [3.63, 3.8) is 0 Å². The van der Waals surface area contributed by atoms with Crippen LogP contribution in [-0.4, -0.2) is 0 Å². The smallest absolute Gasteiger partial charge is 0.0713 e. The maximum absolute atomic E-state index is 2.46. The molecule has 9 aromatic carbocycles. The van der Waals surface area contributed by atoms with E-state index in [4.69, 9.17) is 0 Å². The number of thiophene rings is 1. The molecule has 0 fully saturated rings. The van der Waals surface area contributed by atoms with Gasteiger partial charge in [-0.05, 0) is 121 Å². The van der Waals surface area contributed by atoms with Crippen molar-refractivity contribution in [2.45, 2.75) is 24.7 Å². The third-order valence-corrected chi connectivity index (χ3v) is 14.5. The first-order chi connectivity index (χ1) is 29.5. The number of hydrogen-bond donors (Lipinski definition) is 0. The molecule has 2 aliphatic carbocycles. The van der Waals surface area contributed by atoms with Gasteiger partial charge in [0.25, 0.3) is 0 Å². The van der Waals surface area contributed by atoms with Crippen LogP contribution in [0, 0.1) is 0 Å². The SMILES string of the molecule is CC1(C)c2ccccc2-c2ccc(N(c3ccc(-c4ccc5sc6ccccc6c5c4)cc3)c3ccc4c(c3)-c3ccccc3C4(c3ccccc3)c3ccccc3)cc21. The zero-order valence-corrected chi connectivity index (χ0v) is 34.4. The minimum Gasteiger partial charge on any atom is -0.310 e. The van der Waals surface area contributed by atoms with Crippen molar-refractivity contribution in [1.29, 1.82) is 0 Å². The van der Waals surface area contributed by atoms with Crippen LogP contribution < -0.4 is 4.90 Å². The molecule has 284 valence electrons. The Kier molecular flexibility index (Phi) is 7.73. The van der Waals surface area contributed by atoms with Gasteiger partial charge in [0.15, 0.2) is 0 Å². The average Bonchev–Trinajstić information content (AvgIpc) is 3.91. The minimum atomic E-state index is -0.447. The Morgan fingerprint density at radius 3 is 1.63 bits per heavy atom. The Morgan fingerprint density at radius 1 is 0.350 bits per heavy atom. The normalized spacial score (nSPS) is 14.1. The van der Waals surface area contributed by atoms with Gasteiger partial charge in [0, 0.05) is 42.6 Å². The Morgan fingerprint density at radius 2 is 0.883 bits per heavy atom. The predicted octanol–water partition coefficient (Wildman–Crippen LogP) is 15.9. The monoisotopic (exact) mass is 783 g/mol. The number of anilines is 3. The fourth-order valence-electron chi connectivity index (χ4n) is 10.6. The molecule has 0 saturated heterocycles. The maximum atomic E-state index is 2.46. The molecule has 60 heavy (non-hydrogen) atoms. The summed E-state index contributed by atoms with van der Waals surface area (Å²) in [7, 11) is 0. The van der Waals surface area contributed by atoms with E-state index < -0.39 is 5.41 Å². The van der Waals surface area contributed by atoms with Gasteiger partial charge < -0.3 is 4.90 Å². The molecule has 0 atom stereocenters. The molecule has 12 rings (SSSR count). The second-order valence-electron chi connectivity index (χ2n) is 16.8. The average molecular weight is 784 g/mol. The van der Waals surface area contributed by atoms with Crippen LogP contribution in [0.25, 0.3) is 53.6 Å². The summed E-state index contributed by atoms with van der Waals surface area (Å²) in [5.41, 5.74) is 18.4. The standard InChI is InChI=1S/C58H41NS/c1-57(2)51-22-12-9-19-45(51)47-32-30-44(37-54(47)57)59(42-28-25-38(26-29-42)39-27-34-56-50(35-39)48-21-11-14-24-55(48)60-56)43-31-33-53-49(36-43)46-20-10-13-23-52(46)58(53,40-15-5-3-6-16-40)41-17-7-4-8-18-41/h3-37H,1-2H3. The van der Waals surface area contributed by atoms with Crippen molar-refractivity contribution in [3.8, 4) is 33.4 Å². The summed E-state index contributed by atoms with van der Waals surface area (Å²) in [5.74, 6) is 0. The lowest BCUT2D eigenvalue weighted by Gasteiger charge is -2.34. The highest BCUT2D eigenvalue weighted by Crippen LogP contribution is 2.57. The van der Waals surface area contributed by atoms with Gasteiger partial charge in [0.2, 0.25) is 0 Å². The van der Waals surface area contributed by atoms with Crippen molar-refractivity contribution in [2.24, 2.45) is 0 Å². The molecule has 0 unspecified atom stereocenters.